The Morgan fingerprint density at radius 2 is 2.00 bits per heavy atom. The third kappa shape index (κ3) is 2.31. The molecule has 0 spiro atoms. The van der Waals surface area contributed by atoms with E-state index in [1.165, 1.54) is 4.88 Å². The molecule has 0 N–H and O–H groups in total. The molecule has 0 atom stereocenters. The first-order valence-electron chi connectivity index (χ1n) is 7.14. The topological polar surface area (TPSA) is 61.3 Å². The quantitative estimate of drug-likeness (QED) is 0.539. The average Bonchev–Trinajstić information content (AvgIpc) is 3.26. The molecular weight excluding hydrogens is 312 g/mol. The van der Waals surface area contributed by atoms with Gasteiger partial charge < -0.3 is 13.7 Å². The minimum absolute atomic E-state index is 0.457. The number of aromatic nitrogens is 2. The number of fused-ring (bicyclic) bond motifs is 1. The van der Waals surface area contributed by atoms with Gasteiger partial charge >= 0.3 is 0 Å². The number of thiophene rings is 1. The van der Waals surface area contributed by atoms with Crippen LogP contribution in [0.5, 0.6) is 5.75 Å². The van der Waals surface area contributed by atoms with Gasteiger partial charge in [0.2, 0.25) is 5.82 Å². The molecule has 0 aliphatic rings. The summed E-state index contributed by atoms with van der Waals surface area (Å²) >= 11 is 1.62. The molecule has 0 amide bonds. The predicted octanol–water partition coefficient (Wildman–Crippen LogP) is 4.84. The van der Waals surface area contributed by atoms with Gasteiger partial charge in [0.25, 0.3) is 5.89 Å². The van der Waals surface area contributed by atoms with Crippen LogP contribution < -0.4 is 4.74 Å². The van der Waals surface area contributed by atoms with Crippen LogP contribution in [-0.4, -0.2) is 17.3 Å². The largest absolute Gasteiger partial charge is 0.497 e. The molecule has 0 unspecified atom stereocenters. The van der Waals surface area contributed by atoms with Crippen molar-refractivity contribution in [2.75, 3.05) is 7.11 Å². The van der Waals surface area contributed by atoms with E-state index in [0.29, 0.717) is 17.5 Å². The highest BCUT2D eigenvalue weighted by atomic mass is 32.1. The van der Waals surface area contributed by atoms with Crippen LogP contribution >= 0.6 is 11.3 Å². The predicted molar refractivity (Wildman–Crippen MR) is 88.8 cm³/mol. The number of nitrogens with zero attached hydrogens (tertiary/aromatic N) is 2. The van der Waals surface area contributed by atoms with Gasteiger partial charge in [-0.2, -0.15) is 4.98 Å². The van der Waals surface area contributed by atoms with Gasteiger partial charge in [-0.25, -0.2) is 0 Å². The summed E-state index contributed by atoms with van der Waals surface area (Å²) in [6, 6.07) is 9.71. The minimum atomic E-state index is 0.457. The summed E-state index contributed by atoms with van der Waals surface area (Å²) < 4.78 is 16.5. The van der Waals surface area contributed by atoms with Gasteiger partial charge in [0, 0.05) is 15.8 Å². The molecular formula is C17H14N2O3S. The lowest BCUT2D eigenvalue weighted by Crippen LogP contribution is -1.82. The van der Waals surface area contributed by atoms with Crippen LogP contribution in [0, 0.1) is 13.8 Å². The highest BCUT2D eigenvalue weighted by Gasteiger charge is 2.19. The Hall–Kier alpha value is -2.60. The fourth-order valence-corrected chi connectivity index (χ4v) is 3.29. The van der Waals surface area contributed by atoms with Gasteiger partial charge in [0.05, 0.1) is 12.0 Å². The van der Waals surface area contributed by atoms with Crippen LogP contribution in [0.25, 0.3) is 33.3 Å². The highest BCUT2D eigenvalue weighted by Crippen LogP contribution is 2.35. The van der Waals surface area contributed by atoms with Gasteiger partial charge in [-0.3, -0.25) is 0 Å². The van der Waals surface area contributed by atoms with E-state index < -0.39 is 0 Å². The van der Waals surface area contributed by atoms with Crippen LogP contribution in [0.15, 0.2) is 39.3 Å². The molecule has 0 saturated heterocycles. The molecule has 4 aromatic rings. The Kier molecular flexibility index (Phi) is 3.20. The summed E-state index contributed by atoms with van der Waals surface area (Å²) in [5.41, 5.74) is 1.74. The number of rotatable bonds is 3. The van der Waals surface area contributed by atoms with Crippen LogP contribution in [0.3, 0.4) is 0 Å². The number of hydrogen-bond donors (Lipinski definition) is 0. The minimum Gasteiger partial charge on any atom is -0.497 e. The second-order valence-electron chi connectivity index (χ2n) is 5.25. The SMILES string of the molecule is COc1ccc2oc(-c3noc(-c4ccc(C)s4)n3)c(C)c2c1. The standard InChI is InChI=1S/C17H14N2O3S/c1-9-4-7-14(23-9)17-18-16(19-22-17)15-10(2)12-8-11(20-3)5-6-13(12)21-15/h4-8H,1-3H3. The lowest BCUT2D eigenvalue weighted by Gasteiger charge is -1.97. The summed E-state index contributed by atoms with van der Waals surface area (Å²) in [4.78, 5) is 6.63. The Labute approximate surface area is 136 Å². The van der Waals surface area contributed by atoms with Crippen molar-refractivity contribution in [1.29, 1.82) is 0 Å². The van der Waals surface area contributed by atoms with Crippen molar-refractivity contribution in [3.05, 3.63) is 40.8 Å². The molecule has 0 fully saturated rings. The fraction of sp³-hybridized carbons (Fsp3) is 0.176. The zero-order chi connectivity index (χ0) is 16.0. The zero-order valence-corrected chi connectivity index (χ0v) is 13.7. The molecule has 0 radical (unpaired) electrons. The summed E-state index contributed by atoms with van der Waals surface area (Å²) in [5, 5.41) is 5.05. The maximum Gasteiger partial charge on any atom is 0.268 e. The molecule has 5 nitrogen and oxygen atoms in total. The third-order valence-corrected chi connectivity index (χ3v) is 4.71. The van der Waals surface area contributed by atoms with Crippen molar-refractivity contribution in [3.63, 3.8) is 0 Å². The van der Waals surface area contributed by atoms with Gasteiger partial charge in [-0.1, -0.05) is 5.16 Å². The highest BCUT2D eigenvalue weighted by molar-refractivity contribution is 7.15. The normalized spacial score (nSPS) is 11.3. The van der Waals surface area contributed by atoms with Crippen molar-refractivity contribution >= 4 is 22.3 Å². The first-order valence-corrected chi connectivity index (χ1v) is 7.95. The average molecular weight is 326 g/mol. The molecule has 0 bridgehead atoms. The maximum atomic E-state index is 5.90. The molecule has 4 rings (SSSR count). The number of methoxy groups -OCH3 is 1. The maximum absolute atomic E-state index is 5.90. The van der Waals surface area contributed by atoms with Crippen molar-refractivity contribution in [2.24, 2.45) is 0 Å². The van der Waals surface area contributed by atoms with E-state index in [1.54, 1.807) is 18.4 Å². The first kappa shape index (κ1) is 14.0. The van der Waals surface area contributed by atoms with Crippen molar-refractivity contribution in [3.8, 4) is 28.1 Å². The van der Waals surface area contributed by atoms with Crippen molar-refractivity contribution in [1.82, 2.24) is 10.1 Å². The zero-order valence-electron chi connectivity index (χ0n) is 12.9. The van der Waals surface area contributed by atoms with E-state index in [9.17, 15) is 0 Å². The Balaban J connectivity index is 1.80. The van der Waals surface area contributed by atoms with E-state index >= 15 is 0 Å². The number of aryl methyl sites for hydroxylation is 2. The van der Waals surface area contributed by atoms with Crippen LogP contribution in [0.2, 0.25) is 0 Å². The van der Waals surface area contributed by atoms with E-state index in [2.05, 4.69) is 10.1 Å². The molecule has 1 aromatic carbocycles. The van der Waals surface area contributed by atoms with Crippen LogP contribution in [0.4, 0.5) is 0 Å². The third-order valence-electron chi connectivity index (χ3n) is 3.72. The monoisotopic (exact) mass is 326 g/mol. The molecule has 116 valence electrons. The van der Waals surface area contributed by atoms with Gasteiger partial charge in [0.1, 0.15) is 11.3 Å². The molecule has 0 saturated carbocycles. The lowest BCUT2D eigenvalue weighted by atomic mass is 10.1. The molecule has 3 aromatic heterocycles. The summed E-state index contributed by atoms with van der Waals surface area (Å²) in [6.07, 6.45) is 0. The molecule has 0 aliphatic carbocycles. The second kappa shape index (κ2) is 5.24. The molecule has 6 heteroatoms. The second-order valence-corrected chi connectivity index (χ2v) is 6.54. The summed E-state index contributed by atoms with van der Waals surface area (Å²) in [6.45, 7) is 4.02. The fourth-order valence-electron chi connectivity index (χ4n) is 2.51. The number of furan rings is 1. The van der Waals surface area contributed by atoms with E-state index in [4.69, 9.17) is 13.7 Å². The summed E-state index contributed by atoms with van der Waals surface area (Å²) in [7, 11) is 1.64. The molecule has 3 heterocycles. The van der Waals surface area contributed by atoms with E-state index in [-0.39, 0.29) is 0 Å². The number of benzene rings is 1. The Morgan fingerprint density at radius 3 is 2.74 bits per heavy atom. The van der Waals surface area contributed by atoms with Gasteiger partial charge in [0.15, 0.2) is 5.76 Å². The summed E-state index contributed by atoms with van der Waals surface area (Å²) in [5.74, 6) is 2.38. The number of hydrogen-bond acceptors (Lipinski definition) is 6. The smallest absolute Gasteiger partial charge is 0.268 e. The Bertz CT molecular complexity index is 997. The first-order chi connectivity index (χ1) is 11.2. The van der Waals surface area contributed by atoms with Crippen molar-refractivity contribution < 1.29 is 13.7 Å². The lowest BCUT2D eigenvalue weighted by molar-refractivity contribution is 0.415. The number of ether oxygens (including phenoxy) is 1. The molecule has 23 heavy (non-hydrogen) atoms. The van der Waals surface area contributed by atoms with Gasteiger partial charge in [-0.05, 0) is 44.2 Å². The van der Waals surface area contributed by atoms with E-state index in [0.717, 1.165) is 27.2 Å². The van der Waals surface area contributed by atoms with Gasteiger partial charge in [-0.15, -0.1) is 11.3 Å². The van der Waals surface area contributed by atoms with Crippen LogP contribution in [0.1, 0.15) is 10.4 Å². The van der Waals surface area contributed by atoms with Crippen molar-refractivity contribution in [2.45, 2.75) is 13.8 Å². The molecule has 0 aliphatic heterocycles. The van der Waals surface area contributed by atoms with Crippen LogP contribution in [-0.2, 0) is 0 Å². The van der Waals surface area contributed by atoms with E-state index in [1.807, 2.05) is 44.2 Å². The Morgan fingerprint density at radius 1 is 1.13 bits per heavy atom.